The van der Waals surface area contributed by atoms with Gasteiger partial charge in [-0.2, -0.15) is 0 Å². The highest BCUT2D eigenvalue weighted by Crippen LogP contribution is 1.38. The van der Waals surface area contributed by atoms with E-state index in [1.165, 1.54) is 7.05 Å². The third-order valence-electron chi connectivity index (χ3n) is 0. The first-order valence-corrected chi connectivity index (χ1v) is 1.56. The number of nitrogens with two attached hydrogens (primary N) is 1. The molecule has 0 radical (unpaired) electrons. The molecule has 2 N–H and O–H groups in total. The number of halogens is 1. The van der Waals surface area contributed by atoms with Crippen molar-refractivity contribution < 1.29 is 0 Å². The Morgan fingerprint density at radius 2 is 1.50 bits per heavy atom. The minimum Gasteiger partial charge on any atom is -0.333 e. The zero-order valence-electron chi connectivity index (χ0n) is 4.27. The van der Waals surface area contributed by atoms with Gasteiger partial charge in [-0.3, -0.25) is 0 Å². The van der Waals surface area contributed by atoms with Crippen LogP contribution in [0.4, 0.5) is 0 Å². The van der Waals surface area contributed by atoms with E-state index in [-0.39, 0.29) is 12.4 Å². The van der Waals surface area contributed by atoms with Gasteiger partial charge in [0.15, 0.2) is 0 Å². The summed E-state index contributed by atoms with van der Waals surface area (Å²) < 4.78 is 0. The monoisotopic (exact) mass is 109 g/mol. The zero-order chi connectivity index (χ0) is 4.71. The Labute approximate surface area is 45.6 Å². The molecule has 0 saturated carbocycles. The third kappa shape index (κ3) is 357000. The number of allylic oxidation sites excluding steroid dienone is 1. The van der Waals surface area contributed by atoms with Gasteiger partial charge in [-0.05, 0) is 14.0 Å². The SMILES string of the molecule is C=CC.CN.Cl. The highest BCUT2D eigenvalue weighted by atomic mass is 35.5. The van der Waals surface area contributed by atoms with E-state index in [4.69, 9.17) is 0 Å². The second-order valence-electron chi connectivity index (χ2n) is 0.408. The molecule has 0 amide bonds. The Morgan fingerprint density at radius 3 is 1.50 bits per heavy atom. The maximum absolute atomic E-state index is 4.50. The first kappa shape index (κ1) is 16.7. The van der Waals surface area contributed by atoms with Gasteiger partial charge in [-0.15, -0.1) is 19.0 Å². The van der Waals surface area contributed by atoms with Crippen molar-refractivity contribution in [3.8, 4) is 0 Å². The predicted molar refractivity (Wildman–Crippen MR) is 33.2 cm³/mol. The number of hydrogen-bond acceptors (Lipinski definition) is 1. The van der Waals surface area contributed by atoms with Crippen LogP contribution in [0.1, 0.15) is 6.92 Å². The van der Waals surface area contributed by atoms with Gasteiger partial charge in [-0.25, -0.2) is 0 Å². The summed E-state index contributed by atoms with van der Waals surface area (Å²) in [5.41, 5.74) is 4.50. The highest BCUT2D eigenvalue weighted by Gasteiger charge is 1.15. The minimum atomic E-state index is 0. The van der Waals surface area contributed by atoms with E-state index in [2.05, 4.69) is 12.3 Å². The van der Waals surface area contributed by atoms with Crippen LogP contribution in [0.15, 0.2) is 12.7 Å². The molecule has 1 nitrogen and oxygen atoms in total. The average molecular weight is 110 g/mol. The van der Waals surface area contributed by atoms with Crippen molar-refractivity contribution in [2.45, 2.75) is 6.92 Å². The first-order chi connectivity index (χ1) is 2.41. The summed E-state index contributed by atoms with van der Waals surface area (Å²) in [5, 5.41) is 0. The van der Waals surface area contributed by atoms with Crippen LogP contribution in [-0.2, 0) is 0 Å². The lowest BCUT2D eigenvalue weighted by Crippen LogP contribution is -1.69. The molecule has 0 aliphatic carbocycles. The molecule has 0 aromatic rings. The summed E-state index contributed by atoms with van der Waals surface area (Å²) in [6.07, 6.45) is 1.75. The lowest BCUT2D eigenvalue weighted by Gasteiger charge is -1.31. The standard InChI is InChI=1S/C3H6.CH5N.ClH/c1-3-2;1-2;/h3H,1H2,2H3;2H2,1H3;1H. The largest absolute Gasteiger partial charge is 0.333 e. The molecule has 0 atom stereocenters. The maximum atomic E-state index is 4.50. The lowest BCUT2D eigenvalue weighted by atomic mass is 10.8. The van der Waals surface area contributed by atoms with Crippen LogP contribution < -0.4 is 5.73 Å². The van der Waals surface area contributed by atoms with Gasteiger partial charge >= 0.3 is 0 Å². The molecule has 0 aromatic heterocycles. The molecule has 2 heteroatoms. The number of rotatable bonds is 0. The van der Waals surface area contributed by atoms with E-state index in [0.717, 1.165) is 0 Å². The molecule has 0 aliphatic heterocycles. The van der Waals surface area contributed by atoms with Gasteiger partial charge < -0.3 is 5.73 Å². The summed E-state index contributed by atoms with van der Waals surface area (Å²) in [4.78, 5) is 0. The van der Waals surface area contributed by atoms with Crippen molar-refractivity contribution in [2.24, 2.45) is 5.73 Å². The normalized spacial score (nSPS) is 3.17. The van der Waals surface area contributed by atoms with E-state index in [9.17, 15) is 0 Å². The van der Waals surface area contributed by atoms with Gasteiger partial charge in [0.05, 0.1) is 0 Å². The summed E-state index contributed by atoms with van der Waals surface area (Å²) in [7, 11) is 1.50. The fraction of sp³-hybridized carbons (Fsp3) is 0.500. The maximum Gasteiger partial charge on any atom is -0.0195 e. The molecule has 0 aliphatic rings. The summed E-state index contributed by atoms with van der Waals surface area (Å²) >= 11 is 0. The second-order valence-corrected chi connectivity index (χ2v) is 0.408. The van der Waals surface area contributed by atoms with Crippen LogP contribution in [0.25, 0.3) is 0 Å². The first-order valence-electron chi connectivity index (χ1n) is 1.56. The molecular formula is C4H12ClN. The van der Waals surface area contributed by atoms with E-state index in [1.54, 1.807) is 6.08 Å². The summed E-state index contributed by atoms with van der Waals surface area (Å²) in [6.45, 7) is 5.25. The van der Waals surface area contributed by atoms with Crippen molar-refractivity contribution >= 4 is 12.4 Å². The van der Waals surface area contributed by atoms with Crippen LogP contribution in [0.5, 0.6) is 0 Å². The van der Waals surface area contributed by atoms with Crippen molar-refractivity contribution in [1.82, 2.24) is 0 Å². The van der Waals surface area contributed by atoms with Crippen LogP contribution in [-0.4, -0.2) is 7.05 Å². The van der Waals surface area contributed by atoms with Crippen LogP contribution in [0, 0.1) is 0 Å². The second kappa shape index (κ2) is 81.1. The van der Waals surface area contributed by atoms with Gasteiger partial charge in [0.1, 0.15) is 0 Å². The van der Waals surface area contributed by atoms with Crippen molar-refractivity contribution in [3.05, 3.63) is 12.7 Å². The molecule has 40 valence electrons. The van der Waals surface area contributed by atoms with E-state index in [0.29, 0.717) is 0 Å². The van der Waals surface area contributed by atoms with E-state index in [1.807, 2.05) is 6.92 Å². The minimum absolute atomic E-state index is 0. The molecule has 6 heavy (non-hydrogen) atoms. The molecule has 0 bridgehead atoms. The van der Waals surface area contributed by atoms with Gasteiger partial charge in [-0.1, -0.05) is 6.08 Å². The quantitative estimate of drug-likeness (QED) is 0.465. The molecule has 0 saturated heterocycles. The Morgan fingerprint density at radius 1 is 1.50 bits per heavy atom. The lowest BCUT2D eigenvalue weighted by molar-refractivity contribution is 1.48. The van der Waals surface area contributed by atoms with Crippen molar-refractivity contribution in [3.63, 3.8) is 0 Å². The Hall–Kier alpha value is -0.0100. The van der Waals surface area contributed by atoms with Gasteiger partial charge in [0.2, 0.25) is 0 Å². The molecule has 0 fully saturated rings. The predicted octanol–water partition coefficient (Wildman–Crippen LogP) is 1.19. The zero-order valence-corrected chi connectivity index (χ0v) is 5.09. The molecule has 0 heterocycles. The Bertz CT molecular complexity index is 15.0. The fourth-order valence-corrected chi connectivity index (χ4v) is 0. The topological polar surface area (TPSA) is 26.0 Å². The van der Waals surface area contributed by atoms with Crippen molar-refractivity contribution in [2.75, 3.05) is 7.05 Å². The number of hydrogen-bond donors (Lipinski definition) is 1. The van der Waals surface area contributed by atoms with Gasteiger partial charge in [0, 0.05) is 0 Å². The molecule has 0 rings (SSSR count). The van der Waals surface area contributed by atoms with E-state index < -0.39 is 0 Å². The average Bonchev–Trinajstić information content (AvgIpc) is 1.46. The Kier molecular flexibility index (Phi) is 225. The molecule has 0 unspecified atom stereocenters. The smallest absolute Gasteiger partial charge is 0.0195 e. The fourth-order valence-electron chi connectivity index (χ4n) is 0. The molecule has 0 spiro atoms. The summed E-state index contributed by atoms with van der Waals surface area (Å²) in [6, 6.07) is 0. The van der Waals surface area contributed by atoms with Gasteiger partial charge in [0.25, 0.3) is 0 Å². The van der Waals surface area contributed by atoms with Crippen molar-refractivity contribution in [1.29, 1.82) is 0 Å². The third-order valence-corrected chi connectivity index (χ3v) is 0. The van der Waals surface area contributed by atoms with Crippen LogP contribution in [0.3, 0.4) is 0 Å². The van der Waals surface area contributed by atoms with Crippen LogP contribution >= 0.6 is 12.4 Å². The molecule has 0 aromatic carbocycles. The summed E-state index contributed by atoms with van der Waals surface area (Å²) in [5.74, 6) is 0. The molecular weight excluding hydrogens is 97.5 g/mol. The highest BCUT2D eigenvalue weighted by molar-refractivity contribution is 5.85. The van der Waals surface area contributed by atoms with Crippen LogP contribution in [0.2, 0.25) is 0 Å². The Balaban J connectivity index is -0.0000000275. The van der Waals surface area contributed by atoms with E-state index >= 15 is 0 Å².